The molecular weight excluding hydrogens is 130 g/mol. The lowest BCUT2D eigenvalue weighted by molar-refractivity contribution is 0.771. The van der Waals surface area contributed by atoms with Crippen molar-refractivity contribution < 1.29 is 0 Å². The van der Waals surface area contributed by atoms with E-state index in [1.807, 2.05) is 0 Å². The van der Waals surface area contributed by atoms with Gasteiger partial charge in [0, 0.05) is 13.0 Å². The monoisotopic (exact) mass is 139 g/mol. The average molecular weight is 139 g/mol. The van der Waals surface area contributed by atoms with E-state index in [0.717, 1.165) is 25.8 Å². The van der Waals surface area contributed by atoms with E-state index in [9.17, 15) is 0 Å². The second kappa shape index (κ2) is 7.36. The first-order valence-corrected chi connectivity index (χ1v) is 3.29. The Bertz CT molecular complexity index is 139. The zero-order chi connectivity index (χ0) is 6.95. The molecule has 0 aliphatic heterocycles. The summed E-state index contributed by atoms with van der Waals surface area (Å²) in [5.74, 6) is 2.56. The first-order valence-electron chi connectivity index (χ1n) is 2.89. The molecule has 0 aromatic heterocycles. The zero-order valence-electron chi connectivity index (χ0n) is 5.26. The van der Waals surface area contributed by atoms with Crippen LogP contribution in [0.15, 0.2) is 4.99 Å². The quantitative estimate of drug-likeness (QED) is 0.251. The maximum atomic E-state index is 5.03. The Kier molecular flexibility index (Phi) is 6.84. The van der Waals surface area contributed by atoms with Gasteiger partial charge in [0.1, 0.15) is 0 Å². The summed E-state index contributed by atoms with van der Waals surface area (Å²) in [6, 6.07) is 0. The molecule has 0 fully saturated rings. The Hall–Kier alpha value is -0.640. The predicted molar refractivity (Wildman–Crippen MR) is 42.6 cm³/mol. The van der Waals surface area contributed by atoms with Gasteiger partial charge in [0.2, 0.25) is 0 Å². The van der Waals surface area contributed by atoms with E-state index in [4.69, 9.17) is 6.42 Å². The van der Waals surface area contributed by atoms with Gasteiger partial charge >= 0.3 is 0 Å². The number of aliphatic imine (C=N–C) groups is 1. The zero-order valence-corrected chi connectivity index (χ0v) is 6.08. The summed E-state index contributed by atoms with van der Waals surface area (Å²) in [6.45, 7) is 0.769. The Morgan fingerprint density at radius 2 is 2.22 bits per heavy atom. The normalized spacial score (nSPS) is 7.44. The van der Waals surface area contributed by atoms with Gasteiger partial charge in [0.15, 0.2) is 0 Å². The summed E-state index contributed by atoms with van der Waals surface area (Å²) >= 11 is 4.37. The Balaban J connectivity index is 2.93. The number of rotatable bonds is 4. The Labute approximate surface area is 61.2 Å². The maximum absolute atomic E-state index is 5.03. The summed E-state index contributed by atoms with van der Waals surface area (Å²) in [5.41, 5.74) is 0. The van der Waals surface area contributed by atoms with Crippen LogP contribution < -0.4 is 0 Å². The lowest BCUT2D eigenvalue weighted by Crippen LogP contribution is -1.78. The van der Waals surface area contributed by atoms with Crippen LogP contribution in [0.3, 0.4) is 0 Å². The second-order valence-corrected chi connectivity index (χ2v) is 1.82. The van der Waals surface area contributed by atoms with E-state index in [1.165, 1.54) is 0 Å². The fourth-order valence-electron chi connectivity index (χ4n) is 0.464. The van der Waals surface area contributed by atoms with Crippen LogP contribution in [0.4, 0.5) is 0 Å². The highest BCUT2D eigenvalue weighted by Gasteiger charge is 1.81. The second-order valence-electron chi connectivity index (χ2n) is 1.63. The molecule has 0 saturated carbocycles. The third kappa shape index (κ3) is 7.36. The van der Waals surface area contributed by atoms with E-state index in [1.54, 1.807) is 0 Å². The molecule has 48 valence electrons. The van der Waals surface area contributed by atoms with Crippen molar-refractivity contribution in [2.75, 3.05) is 6.54 Å². The van der Waals surface area contributed by atoms with Crippen molar-refractivity contribution in [3.05, 3.63) is 0 Å². The molecule has 0 aromatic carbocycles. The minimum absolute atomic E-state index is 0.769. The molecule has 0 rings (SSSR count). The van der Waals surface area contributed by atoms with Crippen LogP contribution in [-0.4, -0.2) is 11.7 Å². The number of isothiocyanates is 1. The van der Waals surface area contributed by atoms with E-state index >= 15 is 0 Å². The van der Waals surface area contributed by atoms with Gasteiger partial charge in [-0.2, -0.15) is 0 Å². The van der Waals surface area contributed by atoms with Crippen molar-refractivity contribution in [1.29, 1.82) is 0 Å². The van der Waals surface area contributed by atoms with Gasteiger partial charge in [0.05, 0.1) is 5.16 Å². The lowest BCUT2D eigenvalue weighted by Gasteiger charge is -1.87. The van der Waals surface area contributed by atoms with Gasteiger partial charge in [-0.15, -0.1) is 12.3 Å². The van der Waals surface area contributed by atoms with Crippen molar-refractivity contribution in [2.24, 2.45) is 4.99 Å². The third-order valence-corrected chi connectivity index (χ3v) is 1.03. The summed E-state index contributed by atoms with van der Waals surface area (Å²) in [6.07, 6.45) is 7.93. The fraction of sp³-hybridized carbons (Fsp3) is 0.571. The maximum Gasteiger partial charge on any atom is 0.0584 e. The van der Waals surface area contributed by atoms with Crippen LogP contribution in [0.2, 0.25) is 0 Å². The first kappa shape index (κ1) is 8.36. The highest BCUT2D eigenvalue weighted by molar-refractivity contribution is 7.78. The van der Waals surface area contributed by atoms with Crippen molar-refractivity contribution in [3.63, 3.8) is 0 Å². The van der Waals surface area contributed by atoms with Crippen LogP contribution in [0.5, 0.6) is 0 Å². The van der Waals surface area contributed by atoms with Gasteiger partial charge in [-0.1, -0.05) is 0 Å². The molecule has 0 aliphatic carbocycles. The van der Waals surface area contributed by atoms with E-state index in [0.29, 0.717) is 0 Å². The van der Waals surface area contributed by atoms with Gasteiger partial charge in [0.25, 0.3) is 0 Å². The van der Waals surface area contributed by atoms with E-state index in [2.05, 4.69) is 28.3 Å². The third-order valence-electron chi connectivity index (χ3n) is 0.906. The largest absolute Gasteiger partial charge is 0.233 e. The highest BCUT2D eigenvalue weighted by Crippen LogP contribution is 1.92. The predicted octanol–water partition coefficient (Wildman–Crippen LogP) is 1.89. The Morgan fingerprint density at radius 1 is 1.44 bits per heavy atom. The molecule has 0 radical (unpaired) electrons. The summed E-state index contributed by atoms with van der Waals surface area (Å²) in [5, 5.41) is 2.30. The number of unbranched alkanes of at least 4 members (excludes halogenated alkanes) is 2. The molecule has 0 atom stereocenters. The number of thiocarbonyl (C=S) groups is 1. The van der Waals surface area contributed by atoms with Gasteiger partial charge in [-0.05, 0) is 25.1 Å². The SMILES string of the molecule is C#CCCCCN=C=S. The molecule has 0 unspecified atom stereocenters. The molecule has 0 spiro atoms. The minimum Gasteiger partial charge on any atom is -0.233 e. The molecule has 0 heterocycles. The Morgan fingerprint density at radius 3 is 2.78 bits per heavy atom. The minimum atomic E-state index is 0.769. The van der Waals surface area contributed by atoms with Crippen LogP contribution >= 0.6 is 12.2 Å². The topological polar surface area (TPSA) is 12.4 Å². The highest BCUT2D eigenvalue weighted by atomic mass is 32.1. The summed E-state index contributed by atoms with van der Waals surface area (Å²) in [7, 11) is 0. The average Bonchev–Trinajstić information content (AvgIpc) is 1.89. The number of terminal acetylenes is 1. The lowest BCUT2D eigenvalue weighted by atomic mass is 10.2. The number of hydrogen-bond acceptors (Lipinski definition) is 2. The molecule has 0 bridgehead atoms. The van der Waals surface area contributed by atoms with Crippen LogP contribution in [-0.2, 0) is 0 Å². The molecule has 0 aromatic rings. The first-order chi connectivity index (χ1) is 4.41. The number of hydrogen-bond donors (Lipinski definition) is 0. The van der Waals surface area contributed by atoms with Crippen LogP contribution in [0, 0.1) is 12.3 Å². The van der Waals surface area contributed by atoms with Crippen LogP contribution in [0.25, 0.3) is 0 Å². The van der Waals surface area contributed by atoms with E-state index < -0.39 is 0 Å². The standard InChI is InChI=1S/C7H9NS/c1-2-3-4-5-6-8-7-9/h1H,3-6H2. The van der Waals surface area contributed by atoms with Crippen molar-refractivity contribution in [1.82, 2.24) is 0 Å². The fourth-order valence-corrected chi connectivity index (χ4v) is 0.555. The summed E-state index contributed by atoms with van der Waals surface area (Å²) in [4.78, 5) is 3.74. The van der Waals surface area contributed by atoms with Crippen molar-refractivity contribution >= 4 is 17.4 Å². The van der Waals surface area contributed by atoms with Gasteiger partial charge < -0.3 is 0 Å². The number of nitrogens with zero attached hydrogens (tertiary/aromatic N) is 1. The summed E-state index contributed by atoms with van der Waals surface area (Å²) < 4.78 is 0. The van der Waals surface area contributed by atoms with E-state index in [-0.39, 0.29) is 0 Å². The molecule has 0 aliphatic rings. The van der Waals surface area contributed by atoms with Crippen molar-refractivity contribution in [3.8, 4) is 12.3 Å². The van der Waals surface area contributed by atoms with Gasteiger partial charge in [-0.25, -0.2) is 4.99 Å². The molecule has 9 heavy (non-hydrogen) atoms. The molecule has 0 N–H and O–H groups in total. The molecule has 1 nitrogen and oxygen atoms in total. The molecule has 2 heteroatoms. The molecular formula is C7H9NS. The van der Waals surface area contributed by atoms with Crippen LogP contribution in [0.1, 0.15) is 19.3 Å². The van der Waals surface area contributed by atoms with Crippen molar-refractivity contribution in [2.45, 2.75) is 19.3 Å². The van der Waals surface area contributed by atoms with Gasteiger partial charge in [-0.3, -0.25) is 0 Å². The molecule has 0 amide bonds. The smallest absolute Gasteiger partial charge is 0.0584 e. The molecule has 0 saturated heterocycles.